The highest BCUT2D eigenvalue weighted by atomic mass is 16.3. The molecular formula is C23H35N3O3. The highest BCUT2D eigenvalue weighted by Crippen LogP contribution is 2.43. The van der Waals surface area contributed by atoms with E-state index in [-0.39, 0.29) is 34.9 Å². The van der Waals surface area contributed by atoms with Crippen molar-refractivity contribution in [1.29, 1.82) is 0 Å². The second-order valence-corrected chi connectivity index (χ2v) is 9.63. The Morgan fingerprint density at radius 2 is 1.86 bits per heavy atom. The third-order valence-corrected chi connectivity index (χ3v) is 6.48. The van der Waals surface area contributed by atoms with Gasteiger partial charge in [-0.2, -0.15) is 0 Å². The normalized spacial score (nSPS) is 26.5. The Morgan fingerprint density at radius 1 is 1.17 bits per heavy atom. The predicted octanol–water partition coefficient (Wildman–Crippen LogP) is 2.58. The summed E-state index contributed by atoms with van der Waals surface area (Å²) in [4.78, 5) is 29.4. The van der Waals surface area contributed by atoms with Crippen molar-refractivity contribution in [2.45, 2.75) is 51.5 Å². The van der Waals surface area contributed by atoms with Crippen molar-refractivity contribution in [3.8, 4) is 5.75 Å². The molecule has 1 saturated carbocycles. The number of hydrogen-bond donors (Lipinski definition) is 2. The number of amides is 2. The maximum atomic E-state index is 13.3. The van der Waals surface area contributed by atoms with E-state index in [4.69, 9.17) is 0 Å². The van der Waals surface area contributed by atoms with Crippen LogP contribution in [0.25, 0.3) is 0 Å². The summed E-state index contributed by atoms with van der Waals surface area (Å²) in [5.41, 5.74) is 1.17. The molecular weight excluding hydrogens is 366 g/mol. The first kappa shape index (κ1) is 21.6. The molecule has 3 atom stereocenters. The Labute approximate surface area is 174 Å². The van der Waals surface area contributed by atoms with Crippen molar-refractivity contribution < 1.29 is 14.7 Å². The summed E-state index contributed by atoms with van der Waals surface area (Å²) in [7, 11) is 3.74. The SMILES string of the molecule is CN(C)CC(=O)NC1CCCC1C(=O)N1CCC(c2ccc(O)cc2)C(C)(C)C1. The zero-order valence-electron chi connectivity index (χ0n) is 18.1. The van der Waals surface area contributed by atoms with Gasteiger partial charge in [-0.1, -0.05) is 32.4 Å². The molecule has 2 aliphatic rings. The molecule has 1 aromatic carbocycles. The number of carbonyl (C=O) groups is 2. The molecule has 2 amide bonds. The third kappa shape index (κ3) is 5.10. The summed E-state index contributed by atoms with van der Waals surface area (Å²) in [6.07, 6.45) is 3.62. The Kier molecular flexibility index (Phi) is 6.52. The van der Waals surface area contributed by atoms with Gasteiger partial charge in [-0.25, -0.2) is 0 Å². The highest BCUT2D eigenvalue weighted by molar-refractivity contribution is 5.83. The van der Waals surface area contributed by atoms with Gasteiger partial charge in [0.1, 0.15) is 5.75 Å². The monoisotopic (exact) mass is 401 g/mol. The van der Waals surface area contributed by atoms with Gasteiger partial charge in [0.15, 0.2) is 0 Å². The molecule has 1 heterocycles. The lowest BCUT2D eigenvalue weighted by Gasteiger charge is -2.45. The maximum Gasteiger partial charge on any atom is 0.234 e. The van der Waals surface area contributed by atoms with Gasteiger partial charge in [0, 0.05) is 19.1 Å². The van der Waals surface area contributed by atoms with Gasteiger partial charge in [-0.05, 0) is 62.4 Å². The summed E-state index contributed by atoms with van der Waals surface area (Å²) in [5.74, 6) is 0.706. The molecule has 6 nitrogen and oxygen atoms in total. The van der Waals surface area contributed by atoms with Gasteiger partial charge in [0.2, 0.25) is 11.8 Å². The maximum absolute atomic E-state index is 13.3. The van der Waals surface area contributed by atoms with Crippen molar-refractivity contribution in [3.63, 3.8) is 0 Å². The molecule has 1 aromatic rings. The average Bonchev–Trinajstić information content (AvgIpc) is 3.08. The van der Waals surface area contributed by atoms with Crippen LogP contribution in [0.1, 0.15) is 51.0 Å². The van der Waals surface area contributed by atoms with Crippen LogP contribution in [0.4, 0.5) is 0 Å². The number of hydrogen-bond acceptors (Lipinski definition) is 4. The lowest BCUT2D eigenvalue weighted by Crippen LogP contribution is -2.52. The van der Waals surface area contributed by atoms with E-state index in [2.05, 4.69) is 19.2 Å². The van der Waals surface area contributed by atoms with Crippen molar-refractivity contribution in [3.05, 3.63) is 29.8 Å². The molecule has 0 bridgehead atoms. The van der Waals surface area contributed by atoms with Gasteiger partial charge in [-0.3, -0.25) is 9.59 Å². The number of rotatable bonds is 5. The summed E-state index contributed by atoms with van der Waals surface area (Å²) >= 11 is 0. The quantitative estimate of drug-likeness (QED) is 0.795. The van der Waals surface area contributed by atoms with E-state index < -0.39 is 0 Å². The largest absolute Gasteiger partial charge is 0.508 e. The molecule has 2 N–H and O–H groups in total. The van der Waals surface area contributed by atoms with E-state index >= 15 is 0 Å². The van der Waals surface area contributed by atoms with E-state index in [9.17, 15) is 14.7 Å². The number of benzene rings is 1. The van der Waals surface area contributed by atoms with Gasteiger partial charge in [0.25, 0.3) is 0 Å². The number of nitrogens with one attached hydrogen (secondary N) is 1. The standard InChI is InChI=1S/C23H35N3O3/c1-23(2)15-26(13-12-19(23)16-8-10-17(27)11-9-16)22(29)18-6-5-7-20(18)24-21(28)14-25(3)4/h8-11,18-20,27H,5-7,12-15H2,1-4H3,(H,24,28). The number of likely N-dealkylation sites (tertiary alicyclic amines) is 1. The molecule has 1 aliphatic carbocycles. The first-order valence-corrected chi connectivity index (χ1v) is 10.7. The fourth-order valence-corrected chi connectivity index (χ4v) is 5.07. The molecule has 0 aromatic heterocycles. The Hall–Kier alpha value is -2.08. The molecule has 160 valence electrons. The van der Waals surface area contributed by atoms with E-state index in [1.807, 2.05) is 36.0 Å². The molecule has 1 aliphatic heterocycles. The van der Waals surface area contributed by atoms with Crippen LogP contribution in [0.5, 0.6) is 5.75 Å². The molecule has 2 fully saturated rings. The van der Waals surface area contributed by atoms with Crippen LogP contribution in [-0.2, 0) is 9.59 Å². The van der Waals surface area contributed by atoms with Crippen LogP contribution in [0.3, 0.4) is 0 Å². The van der Waals surface area contributed by atoms with Crippen molar-refractivity contribution in [2.75, 3.05) is 33.7 Å². The fraction of sp³-hybridized carbons (Fsp3) is 0.652. The zero-order chi connectivity index (χ0) is 21.2. The Bertz CT molecular complexity index is 729. The highest BCUT2D eigenvalue weighted by Gasteiger charge is 2.42. The number of carbonyl (C=O) groups excluding carboxylic acids is 2. The molecule has 0 radical (unpaired) electrons. The van der Waals surface area contributed by atoms with E-state index in [1.54, 1.807) is 12.1 Å². The fourth-order valence-electron chi connectivity index (χ4n) is 5.07. The van der Waals surface area contributed by atoms with Gasteiger partial charge in [-0.15, -0.1) is 0 Å². The van der Waals surface area contributed by atoms with Crippen molar-refractivity contribution in [1.82, 2.24) is 15.1 Å². The second-order valence-electron chi connectivity index (χ2n) is 9.63. The summed E-state index contributed by atoms with van der Waals surface area (Å²) < 4.78 is 0. The van der Waals surface area contributed by atoms with Crippen LogP contribution in [0.15, 0.2) is 24.3 Å². The number of phenolic OH excluding ortho intramolecular Hbond substituents is 1. The van der Waals surface area contributed by atoms with Crippen molar-refractivity contribution >= 4 is 11.8 Å². The molecule has 3 rings (SSSR count). The minimum Gasteiger partial charge on any atom is -0.508 e. The summed E-state index contributed by atoms with van der Waals surface area (Å²) in [6.45, 7) is 6.24. The molecule has 1 saturated heterocycles. The van der Waals surface area contributed by atoms with Crippen LogP contribution < -0.4 is 5.32 Å². The van der Waals surface area contributed by atoms with Gasteiger partial charge >= 0.3 is 0 Å². The third-order valence-electron chi connectivity index (χ3n) is 6.48. The Balaban J connectivity index is 1.64. The second kappa shape index (κ2) is 8.74. The predicted molar refractivity (Wildman–Crippen MR) is 114 cm³/mol. The number of phenols is 1. The number of piperidine rings is 1. The van der Waals surface area contributed by atoms with E-state index in [0.29, 0.717) is 19.0 Å². The summed E-state index contributed by atoms with van der Waals surface area (Å²) in [5, 5.41) is 12.7. The smallest absolute Gasteiger partial charge is 0.234 e. The lowest BCUT2D eigenvalue weighted by molar-refractivity contribution is -0.140. The zero-order valence-corrected chi connectivity index (χ0v) is 18.1. The first-order chi connectivity index (χ1) is 13.7. The van der Waals surface area contributed by atoms with E-state index in [1.165, 1.54) is 5.56 Å². The van der Waals surface area contributed by atoms with Gasteiger partial charge in [0.05, 0.1) is 12.5 Å². The average molecular weight is 402 g/mol. The topological polar surface area (TPSA) is 72.9 Å². The first-order valence-electron chi connectivity index (χ1n) is 10.7. The van der Waals surface area contributed by atoms with Crippen LogP contribution in [0, 0.1) is 11.3 Å². The van der Waals surface area contributed by atoms with Gasteiger partial charge < -0.3 is 20.2 Å². The molecule has 6 heteroatoms. The lowest BCUT2D eigenvalue weighted by atomic mass is 9.70. The van der Waals surface area contributed by atoms with Crippen LogP contribution >= 0.6 is 0 Å². The van der Waals surface area contributed by atoms with Crippen LogP contribution in [0.2, 0.25) is 0 Å². The van der Waals surface area contributed by atoms with Crippen LogP contribution in [-0.4, -0.2) is 66.5 Å². The number of likely N-dealkylation sites (N-methyl/N-ethyl adjacent to an activating group) is 1. The molecule has 0 spiro atoms. The van der Waals surface area contributed by atoms with Crippen molar-refractivity contribution in [2.24, 2.45) is 11.3 Å². The Morgan fingerprint density at radius 3 is 2.48 bits per heavy atom. The molecule has 3 unspecified atom stereocenters. The van der Waals surface area contributed by atoms with E-state index in [0.717, 1.165) is 32.2 Å². The number of nitrogens with zero attached hydrogens (tertiary/aromatic N) is 2. The number of aromatic hydroxyl groups is 1. The summed E-state index contributed by atoms with van der Waals surface area (Å²) in [6, 6.07) is 7.41. The molecule has 29 heavy (non-hydrogen) atoms. The minimum absolute atomic E-state index is 0.00827. The minimum atomic E-state index is -0.109.